The maximum absolute atomic E-state index is 11.7. The van der Waals surface area contributed by atoms with E-state index in [0.717, 1.165) is 30.1 Å². The lowest BCUT2D eigenvalue weighted by atomic mass is 9.44. The Bertz CT molecular complexity index is 689. The zero-order valence-corrected chi connectivity index (χ0v) is 16.8. The third-order valence-electron chi connectivity index (χ3n) is 11.2. The van der Waals surface area contributed by atoms with Crippen molar-refractivity contribution in [3.05, 3.63) is 0 Å². The zero-order valence-electron chi connectivity index (χ0n) is 16.8. The molecule has 6 fully saturated rings. The van der Waals surface area contributed by atoms with Gasteiger partial charge in [-0.15, -0.1) is 0 Å². The lowest BCUT2D eigenvalue weighted by Gasteiger charge is -2.61. The van der Waals surface area contributed by atoms with E-state index in [0.29, 0.717) is 22.3 Å². The van der Waals surface area contributed by atoms with Gasteiger partial charge in [-0.1, -0.05) is 13.8 Å². The van der Waals surface area contributed by atoms with Crippen molar-refractivity contribution in [2.24, 2.45) is 45.3 Å². The first-order chi connectivity index (χ1) is 12.3. The lowest BCUT2D eigenvalue weighted by molar-refractivity contribution is -0.187. The third-order valence-corrected chi connectivity index (χ3v) is 11.2. The number of carbonyl (C=O) groups is 1. The summed E-state index contributed by atoms with van der Waals surface area (Å²) in [6.07, 6.45) is 11.3. The normalized spacial score (nSPS) is 63.8. The van der Waals surface area contributed by atoms with Crippen LogP contribution in [-0.4, -0.2) is 25.3 Å². The van der Waals surface area contributed by atoms with Gasteiger partial charge in [0, 0.05) is 24.9 Å². The highest BCUT2D eigenvalue weighted by molar-refractivity contribution is 5.66. The predicted molar refractivity (Wildman–Crippen MR) is 98.3 cm³/mol. The molecule has 0 aromatic carbocycles. The van der Waals surface area contributed by atoms with Crippen LogP contribution in [-0.2, 0) is 14.3 Å². The molecule has 6 saturated carbocycles. The van der Waals surface area contributed by atoms with Gasteiger partial charge in [0.25, 0.3) is 0 Å². The summed E-state index contributed by atoms with van der Waals surface area (Å²) in [5.74, 6) is 3.30. The van der Waals surface area contributed by atoms with E-state index in [1.807, 2.05) is 7.11 Å². The van der Waals surface area contributed by atoms with Crippen LogP contribution in [0.25, 0.3) is 0 Å². The fourth-order valence-electron chi connectivity index (χ4n) is 10.1. The first kappa shape index (κ1) is 16.4. The number of carbonyl (C=O) groups excluding carboxylic acids is 1. The standard InChI is InChI=1S/C23H34O3/c1-13(24)26-18-9-15-12-22(15)17-10-19(25-4)23-11-14(23)5-7-20(23,2)16(17)6-8-21(18,22)3/h14-19H,5-12H2,1-4H3/t14?,15-,16-,17+,18-,19+,20+,21+,22+,23?/m0/s1. The van der Waals surface area contributed by atoms with Crippen LogP contribution in [0.5, 0.6) is 0 Å². The Morgan fingerprint density at radius 2 is 1.62 bits per heavy atom. The maximum atomic E-state index is 11.7. The van der Waals surface area contributed by atoms with E-state index in [4.69, 9.17) is 9.47 Å². The summed E-state index contributed by atoms with van der Waals surface area (Å²) in [6.45, 7) is 6.69. The molecule has 0 saturated heterocycles. The smallest absolute Gasteiger partial charge is 0.302 e. The second kappa shape index (κ2) is 4.53. The number of fused-ring (bicyclic) bond motifs is 2. The second-order valence-electron chi connectivity index (χ2n) is 11.3. The van der Waals surface area contributed by atoms with Gasteiger partial charge in [-0.05, 0) is 85.9 Å². The Labute approximate surface area is 157 Å². The van der Waals surface area contributed by atoms with E-state index in [2.05, 4.69) is 13.8 Å². The fourth-order valence-corrected chi connectivity index (χ4v) is 10.1. The molecule has 0 amide bonds. The van der Waals surface area contributed by atoms with Crippen LogP contribution in [0, 0.1) is 45.3 Å². The van der Waals surface area contributed by atoms with Crippen LogP contribution in [0.3, 0.4) is 0 Å². The summed E-state index contributed by atoms with van der Waals surface area (Å²) >= 11 is 0. The van der Waals surface area contributed by atoms with Crippen LogP contribution in [0.2, 0.25) is 0 Å². The molecule has 0 radical (unpaired) electrons. The quantitative estimate of drug-likeness (QED) is 0.678. The van der Waals surface area contributed by atoms with Crippen molar-refractivity contribution in [3.8, 4) is 0 Å². The minimum atomic E-state index is -0.0873. The fraction of sp³-hybridized carbons (Fsp3) is 0.957. The average molecular weight is 359 g/mol. The van der Waals surface area contributed by atoms with Gasteiger partial charge in [0.1, 0.15) is 6.10 Å². The van der Waals surface area contributed by atoms with Gasteiger partial charge in [-0.2, -0.15) is 0 Å². The number of methoxy groups -OCH3 is 1. The first-order valence-electron chi connectivity index (χ1n) is 11.0. The molecular formula is C23H34O3. The van der Waals surface area contributed by atoms with Crippen LogP contribution < -0.4 is 0 Å². The number of ether oxygens (including phenoxy) is 2. The van der Waals surface area contributed by atoms with Crippen molar-refractivity contribution >= 4 is 5.97 Å². The molecule has 0 aliphatic heterocycles. The lowest BCUT2D eigenvalue weighted by Crippen LogP contribution is -2.59. The Hall–Kier alpha value is -0.570. The molecule has 0 aromatic rings. The molecule has 0 aromatic heterocycles. The number of esters is 1. The van der Waals surface area contributed by atoms with Crippen LogP contribution in [0.15, 0.2) is 0 Å². The van der Waals surface area contributed by atoms with Gasteiger partial charge in [0.15, 0.2) is 0 Å². The minimum absolute atomic E-state index is 0.0873. The monoisotopic (exact) mass is 358 g/mol. The Morgan fingerprint density at radius 1 is 0.885 bits per heavy atom. The zero-order chi connectivity index (χ0) is 18.1. The van der Waals surface area contributed by atoms with Crippen molar-refractivity contribution in [1.82, 2.24) is 0 Å². The molecule has 0 N–H and O–H groups in total. The first-order valence-corrected chi connectivity index (χ1v) is 11.0. The number of hydrogen-bond donors (Lipinski definition) is 0. The van der Waals surface area contributed by atoms with Gasteiger partial charge >= 0.3 is 5.97 Å². The highest BCUT2D eigenvalue weighted by Crippen LogP contribution is 2.87. The Kier molecular flexibility index (Phi) is 2.85. The van der Waals surface area contributed by atoms with E-state index >= 15 is 0 Å². The van der Waals surface area contributed by atoms with Crippen LogP contribution in [0.1, 0.15) is 72.1 Å². The van der Waals surface area contributed by atoms with Crippen molar-refractivity contribution in [2.75, 3.05) is 7.11 Å². The molecule has 2 unspecified atom stereocenters. The van der Waals surface area contributed by atoms with Crippen LogP contribution in [0.4, 0.5) is 0 Å². The third kappa shape index (κ3) is 1.47. The van der Waals surface area contributed by atoms with Crippen molar-refractivity contribution in [3.63, 3.8) is 0 Å². The second-order valence-corrected chi connectivity index (χ2v) is 11.3. The van der Waals surface area contributed by atoms with E-state index < -0.39 is 0 Å². The molecule has 0 heterocycles. The minimum Gasteiger partial charge on any atom is -0.462 e. The van der Waals surface area contributed by atoms with Gasteiger partial charge in [0.05, 0.1) is 6.10 Å². The number of rotatable bonds is 2. The molecule has 10 atom stereocenters. The van der Waals surface area contributed by atoms with E-state index in [-0.39, 0.29) is 17.5 Å². The van der Waals surface area contributed by atoms with Crippen molar-refractivity contribution < 1.29 is 14.3 Å². The summed E-state index contributed by atoms with van der Waals surface area (Å²) in [4.78, 5) is 11.7. The van der Waals surface area contributed by atoms with Crippen molar-refractivity contribution in [2.45, 2.75) is 84.3 Å². The molecule has 144 valence electrons. The van der Waals surface area contributed by atoms with Gasteiger partial charge < -0.3 is 9.47 Å². The Balaban J connectivity index is 1.41. The van der Waals surface area contributed by atoms with E-state index in [1.165, 1.54) is 44.9 Å². The predicted octanol–water partition coefficient (Wildman–Crippen LogP) is 4.59. The molecule has 6 aliphatic carbocycles. The summed E-state index contributed by atoms with van der Waals surface area (Å²) in [7, 11) is 1.97. The summed E-state index contributed by atoms with van der Waals surface area (Å²) in [6, 6.07) is 0. The summed E-state index contributed by atoms with van der Waals surface area (Å²) in [5, 5.41) is 0. The highest BCUT2D eigenvalue weighted by atomic mass is 16.5. The molecule has 2 spiro atoms. The molecule has 3 nitrogen and oxygen atoms in total. The molecule has 6 aliphatic rings. The number of hydrogen-bond acceptors (Lipinski definition) is 3. The van der Waals surface area contributed by atoms with Crippen LogP contribution >= 0.6 is 0 Å². The topological polar surface area (TPSA) is 35.5 Å². The Morgan fingerprint density at radius 3 is 2.31 bits per heavy atom. The molecule has 0 bridgehead atoms. The van der Waals surface area contributed by atoms with E-state index in [1.54, 1.807) is 6.92 Å². The molecule has 26 heavy (non-hydrogen) atoms. The van der Waals surface area contributed by atoms with Gasteiger partial charge in [-0.25, -0.2) is 0 Å². The van der Waals surface area contributed by atoms with Gasteiger partial charge in [-0.3, -0.25) is 4.79 Å². The molecule has 6 rings (SSSR count). The highest BCUT2D eigenvalue weighted by Gasteiger charge is 2.84. The summed E-state index contributed by atoms with van der Waals surface area (Å²) in [5.41, 5.74) is 1.63. The SMILES string of the molecule is CO[C@@H]1C[C@@H]2[C@H](CC[C@]3(C)[C@@H](OC(C)=O)C[C@H]4C[C@@]423)[C@@]2(C)CCC3CC312. The summed E-state index contributed by atoms with van der Waals surface area (Å²) < 4.78 is 12.1. The van der Waals surface area contributed by atoms with E-state index in [9.17, 15) is 4.79 Å². The van der Waals surface area contributed by atoms with Crippen molar-refractivity contribution in [1.29, 1.82) is 0 Å². The molecular weight excluding hydrogens is 324 g/mol. The van der Waals surface area contributed by atoms with Gasteiger partial charge in [0.2, 0.25) is 0 Å². The largest absolute Gasteiger partial charge is 0.462 e. The average Bonchev–Trinajstić information content (AvgIpc) is 3.45. The molecule has 3 heteroatoms. The maximum Gasteiger partial charge on any atom is 0.302 e.